The van der Waals surface area contributed by atoms with Crippen LogP contribution in [0.2, 0.25) is 0 Å². The molecule has 1 fully saturated rings. The minimum Gasteiger partial charge on any atom is -0.292 e. The van der Waals surface area contributed by atoms with E-state index < -0.39 is 23.3 Å². The fourth-order valence-electron chi connectivity index (χ4n) is 0.922. The highest BCUT2D eigenvalue weighted by atomic mass is 19.4. The maximum Gasteiger partial charge on any atom is 0.461 e. The molecular weight excluding hydrogens is 195 g/mol. The summed E-state index contributed by atoms with van der Waals surface area (Å²) < 4.78 is 59.8. The Balaban J connectivity index is 2.87. The summed E-state index contributed by atoms with van der Waals surface area (Å²) in [6, 6.07) is 0. The Morgan fingerprint density at radius 3 is 1.77 bits per heavy atom. The highest BCUT2D eigenvalue weighted by Crippen LogP contribution is 2.52. The van der Waals surface area contributed by atoms with Crippen molar-refractivity contribution in [2.75, 3.05) is 0 Å². The van der Waals surface area contributed by atoms with Gasteiger partial charge >= 0.3 is 12.1 Å². The molecule has 1 saturated carbocycles. The molecule has 0 bridgehead atoms. The highest BCUT2D eigenvalue weighted by Gasteiger charge is 2.68. The van der Waals surface area contributed by atoms with E-state index in [1.165, 1.54) is 0 Å². The predicted octanol–water partition coefficient (Wildman–Crippen LogP) is 2.55. The van der Waals surface area contributed by atoms with Gasteiger partial charge in [0.2, 0.25) is 5.78 Å². The number of rotatable bonds is 2. The van der Waals surface area contributed by atoms with Crippen LogP contribution in [0.1, 0.15) is 19.8 Å². The van der Waals surface area contributed by atoms with Crippen LogP contribution in [0.25, 0.3) is 0 Å². The summed E-state index contributed by atoms with van der Waals surface area (Å²) in [7, 11) is 0. The first-order valence-corrected chi connectivity index (χ1v) is 3.61. The van der Waals surface area contributed by atoms with E-state index in [9.17, 15) is 26.7 Å². The van der Waals surface area contributed by atoms with E-state index in [0.717, 1.165) is 6.92 Å². The molecule has 76 valence electrons. The van der Waals surface area contributed by atoms with Crippen LogP contribution in [0.5, 0.6) is 0 Å². The van der Waals surface area contributed by atoms with Crippen molar-refractivity contribution in [2.45, 2.75) is 31.9 Å². The second-order valence-electron chi connectivity index (χ2n) is 3.46. The Hall–Kier alpha value is -0.680. The van der Waals surface area contributed by atoms with Crippen LogP contribution < -0.4 is 0 Å². The Kier molecular flexibility index (Phi) is 1.94. The van der Waals surface area contributed by atoms with Gasteiger partial charge in [0.05, 0.1) is 0 Å². The lowest BCUT2D eigenvalue weighted by atomic mass is 9.98. The van der Waals surface area contributed by atoms with Crippen LogP contribution in [0.15, 0.2) is 0 Å². The van der Waals surface area contributed by atoms with Gasteiger partial charge < -0.3 is 0 Å². The third-order valence-corrected chi connectivity index (χ3v) is 2.19. The van der Waals surface area contributed by atoms with Crippen LogP contribution >= 0.6 is 0 Å². The zero-order valence-corrected chi connectivity index (χ0v) is 6.71. The zero-order chi connectivity index (χ0) is 10.5. The lowest BCUT2D eigenvalue weighted by Gasteiger charge is -2.20. The molecule has 0 aliphatic heterocycles. The van der Waals surface area contributed by atoms with Gasteiger partial charge in [-0.2, -0.15) is 22.0 Å². The summed E-state index contributed by atoms with van der Waals surface area (Å²) in [6.45, 7) is 1.12. The number of Topliss-reactive ketones (excluding diaryl/α,β-unsaturated/α-hetero) is 1. The molecule has 0 aromatic carbocycles. The van der Waals surface area contributed by atoms with E-state index in [2.05, 4.69) is 0 Å². The van der Waals surface area contributed by atoms with Crippen LogP contribution in [0, 0.1) is 5.41 Å². The molecule has 6 heteroatoms. The number of ketones is 1. The van der Waals surface area contributed by atoms with Crippen LogP contribution in [0.3, 0.4) is 0 Å². The van der Waals surface area contributed by atoms with Crippen LogP contribution in [0.4, 0.5) is 22.0 Å². The molecule has 1 aliphatic carbocycles. The summed E-state index contributed by atoms with van der Waals surface area (Å²) in [6.07, 6.45) is -5.55. The summed E-state index contributed by atoms with van der Waals surface area (Å²) in [4.78, 5) is 10.7. The van der Waals surface area contributed by atoms with Crippen molar-refractivity contribution in [3.8, 4) is 0 Å². The standard InChI is InChI=1S/C7H7F5O/c1-5(2-3-5)4(13)6(8,9)7(10,11)12/h2-3H2,1H3. The first-order chi connectivity index (χ1) is 5.61. The van der Waals surface area contributed by atoms with Gasteiger partial charge in [-0.15, -0.1) is 0 Å². The Morgan fingerprint density at radius 2 is 1.54 bits per heavy atom. The van der Waals surface area contributed by atoms with Crippen molar-refractivity contribution in [3.05, 3.63) is 0 Å². The molecule has 1 aliphatic rings. The molecule has 0 radical (unpaired) electrons. The monoisotopic (exact) mass is 202 g/mol. The minimum atomic E-state index is -5.77. The first-order valence-electron chi connectivity index (χ1n) is 3.61. The topological polar surface area (TPSA) is 17.1 Å². The van der Waals surface area contributed by atoms with Gasteiger partial charge in [0, 0.05) is 5.41 Å². The second kappa shape index (κ2) is 2.42. The molecule has 0 atom stereocenters. The molecule has 0 saturated heterocycles. The molecule has 0 unspecified atom stereocenters. The molecule has 0 N–H and O–H groups in total. The number of halogens is 5. The normalized spacial score (nSPS) is 21.4. The Morgan fingerprint density at radius 1 is 1.15 bits per heavy atom. The molecule has 0 heterocycles. The van der Waals surface area contributed by atoms with E-state index >= 15 is 0 Å². The van der Waals surface area contributed by atoms with Gasteiger partial charge in [-0.3, -0.25) is 4.79 Å². The van der Waals surface area contributed by atoms with Crippen molar-refractivity contribution >= 4 is 5.78 Å². The highest BCUT2D eigenvalue weighted by molar-refractivity contribution is 5.93. The number of alkyl halides is 5. The van der Waals surface area contributed by atoms with Crippen LogP contribution in [-0.2, 0) is 4.79 Å². The molecule has 0 amide bonds. The lowest BCUT2D eigenvalue weighted by molar-refractivity contribution is -0.270. The van der Waals surface area contributed by atoms with Gasteiger partial charge in [-0.05, 0) is 12.8 Å². The molecule has 13 heavy (non-hydrogen) atoms. The molecule has 0 aromatic heterocycles. The Labute approximate surface area is 70.9 Å². The van der Waals surface area contributed by atoms with Gasteiger partial charge in [0.15, 0.2) is 0 Å². The number of carbonyl (C=O) groups is 1. The third-order valence-electron chi connectivity index (χ3n) is 2.19. The van der Waals surface area contributed by atoms with Crippen molar-refractivity contribution in [3.63, 3.8) is 0 Å². The maximum absolute atomic E-state index is 12.4. The molecular formula is C7H7F5O. The predicted molar refractivity (Wildman–Crippen MR) is 33.4 cm³/mol. The van der Waals surface area contributed by atoms with E-state index in [1.807, 2.05) is 0 Å². The smallest absolute Gasteiger partial charge is 0.292 e. The van der Waals surface area contributed by atoms with Crippen molar-refractivity contribution in [1.82, 2.24) is 0 Å². The average molecular weight is 202 g/mol. The van der Waals surface area contributed by atoms with E-state index in [0.29, 0.717) is 0 Å². The Bertz CT molecular complexity index is 238. The largest absolute Gasteiger partial charge is 0.461 e. The molecule has 1 nitrogen and oxygen atoms in total. The third kappa shape index (κ3) is 1.53. The summed E-state index contributed by atoms with van der Waals surface area (Å²) >= 11 is 0. The average Bonchev–Trinajstić information content (AvgIpc) is 2.65. The molecule has 1 rings (SSSR count). The van der Waals surface area contributed by atoms with Crippen molar-refractivity contribution < 1.29 is 26.7 Å². The summed E-state index contributed by atoms with van der Waals surface area (Å²) in [5.41, 5.74) is -1.46. The van der Waals surface area contributed by atoms with Gasteiger partial charge in [0.1, 0.15) is 0 Å². The second-order valence-corrected chi connectivity index (χ2v) is 3.46. The zero-order valence-electron chi connectivity index (χ0n) is 6.71. The van der Waals surface area contributed by atoms with Gasteiger partial charge in [-0.1, -0.05) is 6.92 Å². The lowest BCUT2D eigenvalue weighted by Crippen LogP contribution is -2.47. The molecule has 0 spiro atoms. The fraction of sp³-hybridized carbons (Fsp3) is 0.857. The minimum absolute atomic E-state index is 0.109. The summed E-state index contributed by atoms with van der Waals surface area (Å²) in [5, 5.41) is 0. The quantitative estimate of drug-likeness (QED) is 0.629. The first kappa shape index (κ1) is 10.4. The SMILES string of the molecule is CC1(C(=O)C(F)(F)C(F)(F)F)CC1. The van der Waals surface area contributed by atoms with E-state index in [4.69, 9.17) is 0 Å². The van der Waals surface area contributed by atoms with Gasteiger partial charge in [-0.25, -0.2) is 0 Å². The molecule has 0 aromatic rings. The summed E-state index contributed by atoms with van der Waals surface area (Å²) in [5.74, 6) is -7.20. The fourth-order valence-corrected chi connectivity index (χ4v) is 0.922. The van der Waals surface area contributed by atoms with Crippen molar-refractivity contribution in [1.29, 1.82) is 0 Å². The van der Waals surface area contributed by atoms with Crippen molar-refractivity contribution in [2.24, 2.45) is 5.41 Å². The maximum atomic E-state index is 12.4. The number of hydrogen-bond donors (Lipinski definition) is 0. The van der Waals surface area contributed by atoms with E-state index in [1.54, 1.807) is 0 Å². The van der Waals surface area contributed by atoms with E-state index in [-0.39, 0.29) is 12.8 Å². The number of hydrogen-bond acceptors (Lipinski definition) is 1. The van der Waals surface area contributed by atoms with Gasteiger partial charge in [0.25, 0.3) is 0 Å². The van der Waals surface area contributed by atoms with Crippen LogP contribution in [-0.4, -0.2) is 17.9 Å². The number of carbonyl (C=O) groups excluding carboxylic acids is 1.